The number of hydrogen-bond acceptors (Lipinski definition) is 6. The highest BCUT2D eigenvalue weighted by Gasteiger charge is 2.43. The molecule has 0 saturated heterocycles. The van der Waals surface area contributed by atoms with Gasteiger partial charge in [0.2, 0.25) is 0 Å². The average Bonchev–Trinajstić information content (AvgIpc) is 3.43. The smallest absolute Gasteiger partial charge is 0.309 e. The van der Waals surface area contributed by atoms with E-state index in [0.717, 1.165) is 0 Å². The lowest BCUT2D eigenvalue weighted by Crippen LogP contribution is -2.18. The number of esters is 3. The first-order valence-corrected chi connectivity index (χ1v) is 11.1. The molecule has 0 aliphatic heterocycles. The molecule has 1 aromatic carbocycles. The number of carbonyl (C=O) groups is 3. The van der Waals surface area contributed by atoms with Crippen molar-refractivity contribution in [2.45, 2.75) is 59.3 Å². The number of hydrogen-bond donors (Lipinski definition) is 0. The molecule has 0 aromatic heterocycles. The normalized spacial score (nSPS) is 23.5. The molecular formula is C24H30O6. The number of benzene rings is 1. The third-order valence-electron chi connectivity index (χ3n) is 6.75. The fourth-order valence-electron chi connectivity index (χ4n) is 5.55. The quantitative estimate of drug-likeness (QED) is 0.526. The molecule has 30 heavy (non-hydrogen) atoms. The van der Waals surface area contributed by atoms with Crippen LogP contribution in [0.1, 0.15) is 54.2 Å². The summed E-state index contributed by atoms with van der Waals surface area (Å²) in [6.45, 7) is 6.59. The van der Waals surface area contributed by atoms with Crippen molar-refractivity contribution in [1.29, 1.82) is 0 Å². The van der Waals surface area contributed by atoms with Crippen LogP contribution in [0.2, 0.25) is 0 Å². The lowest BCUT2D eigenvalue weighted by Gasteiger charge is -2.14. The molecule has 0 amide bonds. The van der Waals surface area contributed by atoms with E-state index in [1.165, 1.54) is 33.4 Å². The van der Waals surface area contributed by atoms with Crippen molar-refractivity contribution in [3.05, 3.63) is 33.4 Å². The fourth-order valence-corrected chi connectivity index (χ4v) is 5.55. The first kappa shape index (κ1) is 20.9. The van der Waals surface area contributed by atoms with Gasteiger partial charge in [0.15, 0.2) is 0 Å². The van der Waals surface area contributed by atoms with Gasteiger partial charge < -0.3 is 14.2 Å². The van der Waals surface area contributed by atoms with E-state index < -0.39 is 0 Å². The second-order valence-electron chi connectivity index (χ2n) is 8.44. The monoisotopic (exact) mass is 414 g/mol. The molecule has 3 aliphatic carbocycles. The van der Waals surface area contributed by atoms with E-state index in [1.54, 1.807) is 0 Å². The molecule has 4 rings (SSSR count). The van der Waals surface area contributed by atoms with Crippen LogP contribution in [0.5, 0.6) is 0 Å². The van der Waals surface area contributed by atoms with Crippen molar-refractivity contribution in [3.63, 3.8) is 0 Å². The summed E-state index contributed by atoms with van der Waals surface area (Å²) >= 11 is 0. The molecule has 0 heterocycles. The van der Waals surface area contributed by atoms with Gasteiger partial charge in [0, 0.05) is 0 Å². The zero-order chi connectivity index (χ0) is 21.4. The fraction of sp³-hybridized carbons (Fsp3) is 0.625. The summed E-state index contributed by atoms with van der Waals surface area (Å²) in [6.07, 6.45) is 3.94. The van der Waals surface area contributed by atoms with E-state index in [4.69, 9.17) is 14.2 Å². The molecule has 0 N–H and O–H groups in total. The molecule has 0 unspecified atom stereocenters. The Labute approximate surface area is 177 Å². The number of carbonyl (C=O) groups excluding carboxylic acids is 3. The summed E-state index contributed by atoms with van der Waals surface area (Å²) in [6, 6.07) is 0. The maximum absolute atomic E-state index is 12.5. The minimum Gasteiger partial charge on any atom is -0.466 e. The van der Waals surface area contributed by atoms with Crippen molar-refractivity contribution >= 4 is 17.9 Å². The zero-order valence-electron chi connectivity index (χ0n) is 18.0. The van der Waals surface area contributed by atoms with Crippen LogP contribution in [0.25, 0.3) is 0 Å². The maximum atomic E-state index is 12.5. The topological polar surface area (TPSA) is 78.9 Å². The van der Waals surface area contributed by atoms with E-state index in [0.29, 0.717) is 58.3 Å². The van der Waals surface area contributed by atoms with Crippen LogP contribution in [-0.4, -0.2) is 37.7 Å². The first-order chi connectivity index (χ1) is 14.5. The minimum atomic E-state index is -0.182. The Morgan fingerprint density at radius 3 is 0.900 bits per heavy atom. The predicted molar refractivity (Wildman–Crippen MR) is 109 cm³/mol. The molecule has 1 aromatic rings. The Kier molecular flexibility index (Phi) is 5.85. The summed E-state index contributed by atoms with van der Waals surface area (Å²) < 4.78 is 15.9. The predicted octanol–water partition coefficient (Wildman–Crippen LogP) is 2.52. The van der Waals surface area contributed by atoms with E-state index in [-0.39, 0.29) is 35.7 Å². The van der Waals surface area contributed by atoms with Gasteiger partial charge in [-0.25, -0.2) is 0 Å². The van der Waals surface area contributed by atoms with Gasteiger partial charge in [0.1, 0.15) is 0 Å². The van der Waals surface area contributed by atoms with Crippen molar-refractivity contribution in [1.82, 2.24) is 0 Å². The first-order valence-electron chi connectivity index (χ1n) is 11.1. The van der Waals surface area contributed by atoms with Crippen LogP contribution in [0.15, 0.2) is 0 Å². The number of rotatable bonds is 6. The Morgan fingerprint density at radius 2 is 0.733 bits per heavy atom. The molecule has 0 radical (unpaired) electrons. The van der Waals surface area contributed by atoms with Crippen LogP contribution in [-0.2, 0) is 67.1 Å². The van der Waals surface area contributed by atoms with Crippen molar-refractivity contribution in [2.75, 3.05) is 19.8 Å². The van der Waals surface area contributed by atoms with Gasteiger partial charge in [-0.15, -0.1) is 0 Å². The lowest BCUT2D eigenvalue weighted by molar-refractivity contribution is -0.148. The highest BCUT2D eigenvalue weighted by atomic mass is 16.5. The molecule has 0 atom stereocenters. The van der Waals surface area contributed by atoms with Crippen molar-refractivity contribution in [3.8, 4) is 0 Å². The van der Waals surface area contributed by atoms with E-state index in [9.17, 15) is 14.4 Å². The van der Waals surface area contributed by atoms with E-state index >= 15 is 0 Å². The molecule has 0 bridgehead atoms. The summed E-state index contributed by atoms with van der Waals surface area (Å²) in [5.41, 5.74) is 7.24. The highest BCUT2D eigenvalue weighted by Crippen LogP contribution is 2.46. The standard InChI is InChI=1S/C24H30O6/c1-4-28-22(25)13-7-16-17(8-13)19-10-15(24(27)30-6-3)12-21(19)20-11-14(9-18(16)20)23(26)29-5-2/h13-15H,4-12H2,1-3H3. The van der Waals surface area contributed by atoms with Gasteiger partial charge >= 0.3 is 17.9 Å². The molecule has 162 valence electrons. The Balaban J connectivity index is 1.70. The Bertz CT molecular complexity index is 707. The third kappa shape index (κ3) is 3.50. The Morgan fingerprint density at radius 1 is 0.533 bits per heavy atom. The number of fused-ring (bicyclic) bond motifs is 6. The van der Waals surface area contributed by atoms with Crippen LogP contribution in [0, 0.1) is 17.8 Å². The largest absolute Gasteiger partial charge is 0.466 e. The summed E-state index contributed by atoms with van der Waals surface area (Å²) in [5.74, 6) is -1.01. The molecule has 6 heteroatoms. The van der Waals surface area contributed by atoms with Gasteiger partial charge in [0.05, 0.1) is 37.6 Å². The molecular weight excluding hydrogens is 384 g/mol. The van der Waals surface area contributed by atoms with Crippen molar-refractivity contribution in [2.24, 2.45) is 17.8 Å². The molecule has 0 saturated carbocycles. The maximum Gasteiger partial charge on any atom is 0.309 e. The third-order valence-corrected chi connectivity index (χ3v) is 6.75. The summed E-state index contributed by atoms with van der Waals surface area (Å²) in [4.78, 5) is 37.4. The zero-order valence-corrected chi connectivity index (χ0v) is 18.0. The second-order valence-corrected chi connectivity index (χ2v) is 8.44. The van der Waals surface area contributed by atoms with Crippen LogP contribution in [0.3, 0.4) is 0 Å². The van der Waals surface area contributed by atoms with Gasteiger partial charge in [-0.3, -0.25) is 14.4 Å². The summed E-state index contributed by atoms with van der Waals surface area (Å²) in [7, 11) is 0. The average molecular weight is 414 g/mol. The van der Waals surface area contributed by atoms with Crippen molar-refractivity contribution < 1.29 is 28.6 Å². The molecule has 0 spiro atoms. The van der Waals surface area contributed by atoms with Crippen LogP contribution in [0.4, 0.5) is 0 Å². The van der Waals surface area contributed by atoms with Gasteiger partial charge in [-0.05, 0) is 92.7 Å². The molecule has 6 nitrogen and oxygen atoms in total. The van der Waals surface area contributed by atoms with E-state index in [1.807, 2.05) is 20.8 Å². The van der Waals surface area contributed by atoms with E-state index in [2.05, 4.69) is 0 Å². The Hall–Kier alpha value is -2.37. The summed E-state index contributed by atoms with van der Waals surface area (Å²) in [5, 5.41) is 0. The lowest BCUT2D eigenvalue weighted by atomic mass is 9.90. The van der Waals surface area contributed by atoms with Gasteiger partial charge in [-0.2, -0.15) is 0 Å². The second kappa shape index (κ2) is 8.40. The van der Waals surface area contributed by atoms with Crippen LogP contribution >= 0.6 is 0 Å². The van der Waals surface area contributed by atoms with Gasteiger partial charge in [0.25, 0.3) is 0 Å². The van der Waals surface area contributed by atoms with Gasteiger partial charge in [-0.1, -0.05) is 0 Å². The highest BCUT2D eigenvalue weighted by molar-refractivity contribution is 5.80. The molecule has 0 fully saturated rings. The SMILES string of the molecule is CCOC(=O)C1Cc2c3c(c4c(c2C1)CC(C(=O)OCC)C4)CC(C(=O)OCC)C3. The molecule has 3 aliphatic rings. The van der Waals surface area contributed by atoms with Crippen LogP contribution < -0.4 is 0 Å². The minimum absolute atomic E-state index is 0.156. The number of ether oxygens (including phenoxy) is 3.